The molecular weight excluding hydrogens is 296 g/mol. The van der Waals surface area contributed by atoms with E-state index >= 15 is 0 Å². The van der Waals surface area contributed by atoms with Crippen molar-refractivity contribution in [1.82, 2.24) is 14.7 Å². The summed E-state index contributed by atoms with van der Waals surface area (Å²) in [5.74, 6) is 0.137. The summed E-state index contributed by atoms with van der Waals surface area (Å²) in [5, 5.41) is 0. The zero-order chi connectivity index (χ0) is 16.9. The van der Waals surface area contributed by atoms with E-state index in [9.17, 15) is 9.59 Å². The molecule has 0 spiro atoms. The van der Waals surface area contributed by atoms with E-state index in [2.05, 4.69) is 0 Å². The zero-order valence-corrected chi connectivity index (χ0v) is 14.4. The minimum Gasteiger partial charge on any atom is -0.381 e. The van der Waals surface area contributed by atoms with Gasteiger partial charge in [-0.15, -0.1) is 0 Å². The molecule has 23 heavy (non-hydrogen) atoms. The second kappa shape index (κ2) is 7.97. The molecule has 0 aromatic carbocycles. The van der Waals surface area contributed by atoms with Crippen LogP contribution >= 0.6 is 0 Å². The first-order valence-electron chi connectivity index (χ1n) is 8.69. The first-order valence-corrected chi connectivity index (χ1v) is 8.69. The van der Waals surface area contributed by atoms with Crippen LogP contribution in [0, 0.1) is 5.41 Å². The normalized spacial score (nSPS) is 21.2. The van der Waals surface area contributed by atoms with Crippen LogP contribution in [0.2, 0.25) is 0 Å². The molecule has 0 atom stereocenters. The summed E-state index contributed by atoms with van der Waals surface area (Å²) in [6, 6.07) is 0.0710. The van der Waals surface area contributed by atoms with Gasteiger partial charge in [0.15, 0.2) is 0 Å². The van der Waals surface area contributed by atoms with Gasteiger partial charge >= 0.3 is 6.03 Å². The summed E-state index contributed by atoms with van der Waals surface area (Å²) in [4.78, 5) is 30.8. The average Bonchev–Trinajstić information content (AvgIpc) is 2.62. The fourth-order valence-corrected chi connectivity index (χ4v) is 3.40. The van der Waals surface area contributed by atoms with Gasteiger partial charge in [0, 0.05) is 59.0 Å². The highest BCUT2D eigenvalue weighted by atomic mass is 16.5. The second-order valence-corrected chi connectivity index (χ2v) is 6.33. The number of carbonyl (C=O) groups excluding carboxylic acids is 2. The van der Waals surface area contributed by atoms with Gasteiger partial charge in [-0.3, -0.25) is 4.79 Å². The highest BCUT2D eigenvalue weighted by molar-refractivity contribution is 5.83. The number of hydrogen-bond donors (Lipinski definition) is 1. The lowest BCUT2D eigenvalue weighted by Gasteiger charge is -2.42. The fourth-order valence-electron chi connectivity index (χ4n) is 3.40. The monoisotopic (exact) mass is 326 g/mol. The van der Waals surface area contributed by atoms with Gasteiger partial charge in [0.1, 0.15) is 0 Å². The Bertz CT molecular complexity index is 412. The van der Waals surface area contributed by atoms with E-state index in [4.69, 9.17) is 10.5 Å². The minimum atomic E-state index is -0.469. The Hall–Kier alpha value is -1.34. The van der Waals surface area contributed by atoms with Crippen molar-refractivity contribution in [3.05, 3.63) is 0 Å². The van der Waals surface area contributed by atoms with E-state index in [1.807, 2.05) is 28.5 Å². The van der Waals surface area contributed by atoms with Crippen LogP contribution in [0.25, 0.3) is 0 Å². The number of nitrogens with zero attached hydrogens (tertiary/aromatic N) is 3. The average molecular weight is 326 g/mol. The number of piperazine rings is 1. The van der Waals surface area contributed by atoms with Crippen molar-refractivity contribution in [3.8, 4) is 0 Å². The lowest BCUT2D eigenvalue weighted by Crippen LogP contribution is -2.58. The number of ether oxygens (including phenoxy) is 1. The molecule has 0 bridgehead atoms. The number of carbonyl (C=O) groups is 2. The molecule has 3 amide bonds. The summed E-state index contributed by atoms with van der Waals surface area (Å²) < 4.78 is 5.38. The minimum absolute atomic E-state index is 0.0710. The summed E-state index contributed by atoms with van der Waals surface area (Å²) in [6.45, 7) is 9.34. The predicted molar refractivity (Wildman–Crippen MR) is 88.0 cm³/mol. The van der Waals surface area contributed by atoms with E-state index in [0.717, 1.165) is 0 Å². The maximum atomic E-state index is 12.9. The van der Waals surface area contributed by atoms with E-state index in [1.54, 1.807) is 0 Å². The topological polar surface area (TPSA) is 79.1 Å². The number of nitrogens with two attached hydrogens (primary N) is 1. The van der Waals surface area contributed by atoms with Gasteiger partial charge < -0.3 is 25.2 Å². The third kappa shape index (κ3) is 3.77. The first-order chi connectivity index (χ1) is 11.1. The molecule has 7 heteroatoms. The Morgan fingerprint density at radius 2 is 1.57 bits per heavy atom. The van der Waals surface area contributed by atoms with Gasteiger partial charge in [0.05, 0.1) is 5.41 Å². The zero-order valence-electron chi connectivity index (χ0n) is 14.4. The second-order valence-electron chi connectivity index (χ2n) is 6.33. The highest BCUT2D eigenvalue weighted by Crippen LogP contribution is 2.32. The number of amides is 3. The van der Waals surface area contributed by atoms with E-state index in [-0.39, 0.29) is 11.9 Å². The molecule has 132 valence electrons. The van der Waals surface area contributed by atoms with Crippen molar-refractivity contribution in [1.29, 1.82) is 0 Å². The van der Waals surface area contributed by atoms with Crippen LogP contribution in [-0.4, -0.2) is 85.7 Å². The van der Waals surface area contributed by atoms with Crippen LogP contribution in [0.5, 0.6) is 0 Å². The molecule has 2 fully saturated rings. The Morgan fingerprint density at radius 1 is 1.04 bits per heavy atom. The Balaban J connectivity index is 1.93. The van der Waals surface area contributed by atoms with Gasteiger partial charge in [-0.1, -0.05) is 0 Å². The van der Waals surface area contributed by atoms with Gasteiger partial charge in [-0.25, -0.2) is 4.79 Å². The first kappa shape index (κ1) is 18.0. The summed E-state index contributed by atoms with van der Waals surface area (Å²) in [6.07, 6.45) is 1.39. The molecule has 0 aliphatic carbocycles. The largest absolute Gasteiger partial charge is 0.381 e. The molecule has 0 unspecified atom stereocenters. The van der Waals surface area contributed by atoms with Crippen molar-refractivity contribution in [2.45, 2.75) is 26.7 Å². The van der Waals surface area contributed by atoms with Crippen LogP contribution in [0.15, 0.2) is 0 Å². The third-order valence-electron chi connectivity index (χ3n) is 5.17. The standard InChI is InChI=1S/C16H30N4O3/c1-3-18(4-2)15(22)20-9-7-19(8-10-20)14(21)16(13-17)5-11-23-12-6-16/h3-13,17H2,1-2H3. The van der Waals surface area contributed by atoms with E-state index in [0.29, 0.717) is 71.9 Å². The summed E-state index contributed by atoms with van der Waals surface area (Å²) in [7, 11) is 0. The molecule has 2 rings (SSSR count). The van der Waals surface area contributed by atoms with Crippen molar-refractivity contribution in [2.24, 2.45) is 11.1 Å². The molecule has 2 saturated heterocycles. The summed E-state index contributed by atoms with van der Waals surface area (Å²) >= 11 is 0. The lowest BCUT2D eigenvalue weighted by molar-refractivity contribution is -0.148. The van der Waals surface area contributed by atoms with Gasteiger partial charge in [-0.2, -0.15) is 0 Å². The van der Waals surface area contributed by atoms with Crippen LogP contribution < -0.4 is 5.73 Å². The molecule has 0 aromatic rings. The third-order valence-corrected chi connectivity index (χ3v) is 5.17. The molecular formula is C16H30N4O3. The van der Waals surface area contributed by atoms with Crippen molar-refractivity contribution in [2.75, 3.05) is 59.0 Å². The number of urea groups is 1. The maximum Gasteiger partial charge on any atom is 0.320 e. The van der Waals surface area contributed by atoms with Gasteiger partial charge in [0.2, 0.25) is 5.91 Å². The molecule has 0 radical (unpaired) electrons. The Labute approximate surface area is 138 Å². The molecule has 0 saturated carbocycles. The lowest BCUT2D eigenvalue weighted by atomic mass is 9.78. The SMILES string of the molecule is CCN(CC)C(=O)N1CCN(C(=O)C2(CN)CCOCC2)CC1. The van der Waals surface area contributed by atoms with Crippen LogP contribution in [0.1, 0.15) is 26.7 Å². The van der Waals surface area contributed by atoms with Crippen LogP contribution in [-0.2, 0) is 9.53 Å². The highest BCUT2D eigenvalue weighted by Gasteiger charge is 2.42. The van der Waals surface area contributed by atoms with E-state index < -0.39 is 5.41 Å². The number of rotatable bonds is 4. The predicted octanol–water partition coefficient (Wildman–Crippen LogP) is 0.348. The smallest absolute Gasteiger partial charge is 0.320 e. The molecule has 0 aromatic heterocycles. The maximum absolute atomic E-state index is 12.9. The molecule has 2 aliphatic heterocycles. The Morgan fingerprint density at radius 3 is 2.04 bits per heavy atom. The van der Waals surface area contributed by atoms with Crippen molar-refractivity contribution >= 4 is 11.9 Å². The van der Waals surface area contributed by atoms with E-state index in [1.165, 1.54) is 0 Å². The quantitative estimate of drug-likeness (QED) is 0.808. The molecule has 2 aliphatic rings. The molecule has 2 heterocycles. The molecule has 7 nitrogen and oxygen atoms in total. The van der Waals surface area contributed by atoms with Crippen LogP contribution in [0.4, 0.5) is 4.79 Å². The van der Waals surface area contributed by atoms with Gasteiger partial charge in [0.25, 0.3) is 0 Å². The Kier molecular flexibility index (Phi) is 6.24. The van der Waals surface area contributed by atoms with Crippen molar-refractivity contribution in [3.63, 3.8) is 0 Å². The van der Waals surface area contributed by atoms with Gasteiger partial charge in [-0.05, 0) is 26.7 Å². The fraction of sp³-hybridized carbons (Fsp3) is 0.875. The summed E-state index contributed by atoms with van der Waals surface area (Å²) in [5.41, 5.74) is 5.45. The number of hydrogen-bond acceptors (Lipinski definition) is 4. The molecule has 2 N–H and O–H groups in total. The van der Waals surface area contributed by atoms with Crippen LogP contribution in [0.3, 0.4) is 0 Å². The van der Waals surface area contributed by atoms with Crippen molar-refractivity contribution < 1.29 is 14.3 Å².